The fourth-order valence-electron chi connectivity index (χ4n) is 2.03. The van der Waals surface area contributed by atoms with E-state index in [0.717, 1.165) is 12.8 Å². The van der Waals surface area contributed by atoms with E-state index in [9.17, 15) is 9.90 Å². The Morgan fingerprint density at radius 1 is 0.895 bits per heavy atom. The standard InChI is InChI=1S/C16H30O2.Na/c1-3-4-5-6-7-8-9-10-11-12-13-14-15(2)16(17)18;/h14H,3-13H2,1-2H3,(H,17,18);/q;+1/p-1/b15-14+;. The van der Waals surface area contributed by atoms with Gasteiger partial charge in [-0.2, -0.15) is 0 Å². The summed E-state index contributed by atoms with van der Waals surface area (Å²) in [7, 11) is 0. The van der Waals surface area contributed by atoms with Crippen LogP contribution in [0.4, 0.5) is 0 Å². The van der Waals surface area contributed by atoms with Gasteiger partial charge in [-0.3, -0.25) is 0 Å². The van der Waals surface area contributed by atoms with Gasteiger partial charge in [0.25, 0.3) is 0 Å². The van der Waals surface area contributed by atoms with Gasteiger partial charge in [0, 0.05) is 0 Å². The van der Waals surface area contributed by atoms with Crippen LogP contribution >= 0.6 is 0 Å². The van der Waals surface area contributed by atoms with Crippen molar-refractivity contribution in [3.05, 3.63) is 11.6 Å². The molecule has 0 heterocycles. The van der Waals surface area contributed by atoms with Crippen molar-refractivity contribution in [2.75, 3.05) is 0 Å². The fraction of sp³-hybridized carbons (Fsp3) is 0.812. The van der Waals surface area contributed by atoms with Gasteiger partial charge in [-0.15, -0.1) is 0 Å². The molecular formula is C16H29NaO2. The van der Waals surface area contributed by atoms with Crippen molar-refractivity contribution in [2.45, 2.75) is 84.5 Å². The summed E-state index contributed by atoms with van der Waals surface area (Å²) in [6.45, 7) is 3.85. The number of carboxylic acid groups (broad SMARTS) is 1. The summed E-state index contributed by atoms with van der Waals surface area (Å²) in [6, 6.07) is 0. The average Bonchev–Trinajstić information content (AvgIpc) is 2.35. The molecule has 0 radical (unpaired) electrons. The van der Waals surface area contributed by atoms with E-state index in [1.54, 1.807) is 13.0 Å². The summed E-state index contributed by atoms with van der Waals surface area (Å²) >= 11 is 0. The minimum atomic E-state index is -1.04. The molecule has 0 aromatic carbocycles. The average molecular weight is 276 g/mol. The van der Waals surface area contributed by atoms with Gasteiger partial charge < -0.3 is 9.90 Å². The number of allylic oxidation sites excluding steroid dienone is 1. The van der Waals surface area contributed by atoms with Gasteiger partial charge in [0.2, 0.25) is 0 Å². The molecule has 0 bridgehead atoms. The molecule has 0 rings (SSSR count). The van der Waals surface area contributed by atoms with Crippen molar-refractivity contribution < 1.29 is 39.5 Å². The van der Waals surface area contributed by atoms with Crippen molar-refractivity contribution >= 4 is 5.97 Å². The molecule has 19 heavy (non-hydrogen) atoms. The van der Waals surface area contributed by atoms with E-state index in [2.05, 4.69) is 6.92 Å². The first-order valence-corrected chi connectivity index (χ1v) is 7.56. The van der Waals surface area contributed by atoms with Crippen LogP contribution in [0.5, 0.6) is 0 Å². The monoisotopic (exact) mass is 276 g/mol. The fourth-order valence-corrected chi connectivity index (χ4v) is 2.03. The smallest absolute Gasteiger partial charge is 0.545 e. The van der Waals surface area contributed by atoms with Gasteiger partial charge in [0.05, 0.1) is 5.97 Å². The molecule has 0 saturated carbocycles. The molecule has 0 aromatic rings. The summed E-state index contributed by atoms with van der Waals surface area (Å²) in [5, 5.41) is 10.4. The van der Waals surface area contributed by atoms with Gasteiger partial charge in [-0.25, -0.2) is 0 Å². The summed E-state index contributed by atoms with van der Waals surface area (Å²) in [4.78, 5) is 10.4. The molecule has 0 amide bonds. The maximum Gasteiger partial charge on any atom is 1.00 e. The number of carbonyl (C=O) groups is 1. The molecule has 2 nitrogen and oxygen atoms in total. The Morgan fingerprint density at radius 3 is 1.74 bits per heavy atom. The number of aliphatic carboxylic acids is 1. The largest absolute Gasteiger partial charge is 1.00 e. The molecule has 0 saturated heterocycles. The Kier molecular flexibility index (Phi) is 18.4. The number of carbonyl (C=O) groups excluding carboxylic acids is 1. The normalized spacial score (nSPS) is 11.2. The second kappa shape index (κ2) is 16.3. The topological polar surface area (TPSA) is 40.1 Å². The van der Waals surface area contributed by atoms with Crippen LogP contribution in [0, 0.1) is 0 Å². The van der Waals surface area contributed by atoms with Crippen LogP contribution in [0.3, 0.4) is 0 Å². The number of unbranched alkanes of at least 4 members (excludes halogenated alkanes) is 10. The zero-order chi connectivity index (χ0) is 13.6. The molecule has 0 atom stereocenters. The quantitative estimate of drug-likeness (QED) is 0.303. The zero-order valence-corrected chi connectivity index (χ0v) is 15.2. The molecule has 0 spiro atoms. The van der Waals surface area contributed by atoms with Gasteiger partial charge in [0.15, 0.2) is 0 Å². The molecule has 0 N–H and O–H groups in total. The van der Waals surface area contributed by atoms with Crippen LogP contribution in [-0.2, 0) is 4.79 Å². The maximum absolute atomic E-state index is 10.4. The summed E-state index contributed by atoms with van der Waals surface area (Å²) in [5.74, 6) is -1.04. The third-order valence-corrected chi connectivity index (χ3v) is 3.33. The minimum absolute atomic E-state index is 0. The summed E-state index contributed by atoms with van der Waals surface area (Å²) in [5.41, 5.74) is 0.367. The van der Waals surface area contributed by atoms with Crippen molar-refractivity contribution in [3.63, 3.8) is 0 Å². The zero-order valence-electron chi connectivity index (χ0n) is 13.2. The van der Waals surface area contributed by atoms with Gasteiger partial charge >= 0.3 is 29.6 Å². The number of carboxylic acids is 1. The number of hydrogen-bond acceptors (Lipinski definition) is 2. The van der Waals surface area contributed by atoms with E-state index in [4.69, 9.17) is 0 Å². The Balaban J connectivity index is 0. The number of rotatable bonds is 12. The maximum atomic E-state index is 10.4. The van der Waals surface area contributed by atoms with Crippen molar-refractivity contribution in [3.8, 4) is 0 Å². The Bertz CT molecular complexity index is 237. The molecule has 0 aliphatic rings. The van der Waals surface area contributed by atoms with Crippen molar-refractivity contribution in [1.29, 1.82) is 0 Å². The van der Waals surface area contributed by atoms with Gasteiger partial charge in [0.1, 0.15) is 0 Å². The van der Waals surface area contributed by atoms with Gasteiger partial charge in [-0.1, -0.05) is 70.8 Å². The molecule has 3 heteroatoms. The van der Waals surface area contributed by atoms with Crippen molar-refractivity contribution in [2.24, 2.45) is 0 Å². The molecule has 106 valence electrons. The third-order valence-electron chi connectivity index (χ3n) is 3.33. The van der Waals surface area contributed by atoms with E-state index in [1.807, 2.05) is 0 Å². The second-order valence-electron chi connectivity index (χ2n) is 5.15. The first-order chi connectivity index (χ1) is 8.68. The minimum Gasteiger partial charge on any atom is -0.545 e. The van der Waals surface area contributed by atoms with Crippen LogP contribution in [0.2, 0.25) is 0 Å². The first kappa shape index (κ1) is 21.5. The molecule has 0 unspecified atom stereocenters. The van der Waals surface area contributed by atoms with Crippen LogP contribution in [0.1, 0.15) is 84.5 Å². The summed E-state index contributed by atoms with van der Waals surface area (Å²) in [6.07, 6.45) is 15.8. The van der Waals surface area contributed by atoms with E-state index in [1.165, 1.54) is 57.8 Å². The molecule has 0 fully saturated rings. The molecule has 0 aromatic heterocycles. The van der Waals surface area contributed by atoms with Crippen LogP contribution in [0.25, 0.3) is 0 Å². The SMILES string of the molecule is CCCCCCCCCCCC/C=C(\C)C(=O)[O-].[Na+]. The van der Waals surface area contributed by atoms with Crippen LogP contribution in [-0.4, -0.2) is 5.97 Å². The van der Waals surface area contributed by atoms with Crippen molar-refractivity contribution in [1.82, 2.24) is 0 Å². The van der Waals surface area contributed by atoms with Crippen LogP contribution < -0.4 is 34.7 Å². The molecule has 0 aliphatic heterocycles. The van der Waals surface area contributed by atoms with E-state index < -0.39 is 5.97 Å². The predicted molar refractivity (Wildman–Crippen MR) is 75.2 cm³/mol. The van der Waals surface area contributed by atoms with Crippen LogP contribution in [0.15, 0.2) is 11.6 Å². The van der Waals surface area contributed by atoms with Gasteiger partial charge in [-0.05, 0) is 25.3 Å². The van der Waals surface area contributed by atoms with E-state index in [0.29, 0.717) is 5.57 Å². The Labute approximate surface area is 141 Å². The Morgan fingerprint density at radius 2 is 1.32 bits per heavy atom. The molecule has 0 aliphatic carbocycles. The first-order valence-electron chi connectivity index (χ1n) is 7.56. The molecular weight excluding hydrogens is 247 g/mol. The Hall–Kier alpha value is 0.210. The van der Waals surface area contributed by atoms with E-state index in [-0.39, 0.29) is 29.6 Å². The predicted octanol–water partition coefficient (Wildman–Crippen LogP) is 0.998. The third kappa shape index (κ3) is 16.2. The second-order valence-corrected chi connectivity index (χ2v) is 5.15. The number of hydrogen-bond donors (Lipinski definition) is 0. The van der Waals surface area contributed by atoms with E-state index >= 15 is 0 Å². The summed E-state index contributed by atoms with van der Waals surface area (Å²) < 4.78 is 0.